The Labute approximate surface area is 129 Å². The number of rotatable bonds is 14. The third-order valence-corrected chi connectivity index (χ3v) is 5.51. The molecule has 2 N–H and O–H groups in total. The molecule has 126 valence electrons. The van der Waals surface area contributed by atoms with Gasteiger partial charge < -0.3 is 5.11 Å². The van der Waals surface area contributed by atoms with Gasteiger partial charge in [-0.3, -0.25) is 4.79 Å². The Morgan fingerprint density at radius 3 is 1.95 bits per heavy atom. The van der Waals surface area contributed by atoms with E-state index in [1.54, 1.807) is 6.92 Å². The van der Waals surface area contributed by atoms with Crippen LogP contribution in [0, 0.1) is 0 Å². The van der Waals surface area contributed by atoms with Crippen molar-refractivity contribution in [2.45, 2.75) is 83.3 Å². The molecule has 0 aromatic carbocycles. The predicted octanol–water partition coefficient (Wildman–Crippen LogP) is 3.30. The van der Waals surface area contributed by atoms with Crippen molar-refractivity contribution in [2.75, 3.05) is 6.54 Å². The van der Waals surface area contributed by atoms with Crippen molar-refractivity contribution in [1.82, 2.24) is 4.72 Å². The van der Waals surface area contributed by atoms with Gasteiger partial charge in [0.25, 0.3) is 0 Å². The molecule has 0 saturated carbocycles. The zero-order valence-corrected chi connectivity index (χ0v) is 14.3. The third-order valence-electron chi connectivity index (χ3n) is 3.67. The molecule has 0 aliphatic rings. The van der Waals surface area contributed by atoms with Crippen molar-refractivity contribution in [3.63, 3.8) is 0 Å². The smallest absolute Gasteiger partial charge is 0.318 e. The van der Waals surface area contributed by atoms with Gasteiger partial charge in [0.1, 0.15) is 6.54 Å². The first-order chi connectivity index (χ1) is 9.90. The molecule has 0 fully saturated rings. The van der Waals surface area contributed by atoms with Gasteiger partial charge in [0, 0.05) is 0 Å². The molecule has 0 radical (unpaired) electrons. The minimum atomic E-state index is -3.49. The lowest BCUT2D eigenvalue weighted by atomic mass is 10.1. The average Bonchev–Trinajstić information content (AvgIpc) is 2.43. The zero-order chi connectivity index (χ0) is 16.1. The molecule has 1 unspecified atom stereocenters. The van der Waals surface area contributed by atoms with Crippen LogP contribution in [-0.4, -0.2) is 31.3 Å². The van der Waals surface area contributed by atoms with Crippen LogP contribution in [0.25, 0.3) is 0 Å². The minimum Gasteiger partial charge on any atom is -0.480 e. The number of carbonyl (C=O) groups is 1. The number of carboxylic acids is 1. The van der Waals surface area contributed by atoms with E-state index in [0.717, 1.165) is 19.3 Å². The van der Waals surface area contributed by atoms with Crippen LogP contribution in [0.3, 0.4) is 0 Å². The minimum absolute atomic E-state index is 0.526. The number of aliphatic carboxylic acids is 1. The average molecular weight is 321 g/mol. The van der Waals surface area contributed by atoms with Crippen LogP contribution in [0.15, 0.2) is 0 Å². The van der Waals surface area contributed by atoms with Crippen LogP contribution >= 0.6 is 0 Å². The van der Waals surface area contributed by atoms with E-state index in [0.29, 0.717) is 6.42 Å². The van der Waals surface area contributed by atoms with Gasteiger partial charge >= 0.3 is 5.97 Å². The molecule has 0 heterocycles. The number of sulfonamides is 1. The summed E-state index contributed by atoms with van der Waals surface area (Å²) in [6, 6.07) is 0. The summed E-state index contributed by atoms with van der Waals surface area (Å²) in [5, 5.41) is 7.96. The number of unbranched alkanes of at least 4 members (excludes halogenated alkanes) is 8. The Bertz CT molecular complexity index is 368. The van der Waals surface area contributed by atoms with E-state index in [1.165, 1.54) is 38.5 Å². The van der Waals surface area contributed by atoms with E-state index >= 15 is 0 Å². The maximum Gasteiger partial charge on any atom is 0.318 e. The van der Waals surface area contributed by atoms with Gasteiger partial charge in [0.2, 0.25) is 10.0 Å². The highest BCUT2D eigenvalue weighted by Gasteiger charge is 2.20. The fourth-order valence-corrected chi connectivity index (χ4v) is 3.29. The van der Waals surface area contributed by atoms with E-state index in [-0.39, 0.29) is 0 Å². The maximum absolute atomic E-state index is 11.7. The molecule has 6 heteroatoms. The lowest BCUT2D eigenvalue weighted by Crippen LogP contribution is -2.36. The third kappa shape index (κ3) is 11.7. The monoisotopic (exact) mass is 321 g/mol. The molecule has 0 aliphatic heterocycles. The standard InChI is InChI=1S/C15H31NO4S/c1-3-4-5-6-7-8-9-10-11-12-14(2)21(19,20)16-13-15(17)18/h14,16H,3-13H2,1-2H3,(H,17,18). The van der Waals surface area contributed by atoms with E-state index < -0.39 is 27.8 Å². The quantitative estimate of drug-likeness (QED) is 0.481. The molecule has 0 aromatic heterocycles. The molecule has 1 atom stereocenters. The lowest BCUT2D eigenvalue weighted by molar-refractivity contribution is -0.135. The second-order valence-corrected chi connectivity index (χ2v) is 7.87. The van der Waals surface area contributed by atoms with E-state index in [2.05, 4.69) is 11.6 Å². The SMILES string of the molecule is CCCCCCCCCCCC(C)S(=O)(=O)NCC(=O)O. The summed E-state index contributed by atoms with van der Waals surface area (Å²) in [6.07, 6.45) is 11.4. The van der Waals surface area contributed by atoms with Crippen molar-refractivity contribution in [1.29, 1.82) is 0 Å². The topological polar surface area (TPSA) is 83.5 Å². The molecule has 0 bridgehead atoms. The van der Waals surface area contributed by atoms with Crippen LogP contribution in [0.1, 0.15) is 78.1 Å². The van der Waals surface area contributed by atoms with Gasteiger partial charge in [-0.05, 0) is 13.3 Å². The van der Waals surface area contributed by atoms with E-state index in [1.807, 2.05) is 0 Å². The second kappa shape index (κ2) is 12.0. The summed E-state index contributed by atoms with van der Waals surface area (Å²) >= 11 is 0. The van der Waals surface area contributed by atoms with Crippen LogP contribution in [-0.2, 0) is 14.8 Å². The molecule has 0 spiro atoms. The van der Waals surface area contributed by atoms with Gasteiger partial charge in [-0.1, -0.05) is 64.7 Å². The Morgan fingerprint density at radius 2 is 1.48 bits per heavy atom. The zero-order valence-electron chi connectivity index (χ0n) is 13.4. The van der Waals surface area contributed by atoms with Crippen molar-refractivity contribution in [2.24, 2.45) is 0 Å². The molecule has 0 rings (SSSR count). The molecule has 0 aromatic rings. The van der Waals surface area contributed by atoms with Gasteiger partial charge in [-0.15, -0.1) is 0 Å². The van der Waals surface area contributed by atoms with Gasteiger partial charge in [0.05, 0.1) is 5.25 Å². The number of hydrogen-bond acceptors (Lipinski definition) is 3. The lowest BCUT2D eigenvalue weighted by Gasteiger charge is -2.12. The Hall–Kier alpha value is -0.620. The van der Waals surface area contributed by atoms with Crippen molar-refractivity contribution in [3.8, 4) is 0 Å². The van der Waals surface area contributed by atoms with Crippen LogP contribution in [0.5, 0.6) is 0 Å². The number of carboxylic acid groups (broad SMARTS) is 1. The van der Waals surface area contributed by atoms with Crippen molar-refractivity contribution < 1.29 is 18.3 Å². The highest BCUT2D eigenvalue weighted by Crippen LogP contribution is 2.13. The van der Waals surface area contributed by atoms with Crippen LogP contribution in [0.4, 0.5) is 0 Å². The van der Waals surface area contributed by atoms with Crippen LogP contribution in [0.2, 0.25) is 0 Å². The van der Waals surface area contributed by atoms with E-state index in [9.17, 15) is 13.2 Å². The van der Waals surface area contributed by atoms with Crippen molar-refractivity contribution in [3.05, 3.63) is 0 Å². The number of hydrogen-bond donors (Lipinski definition) is 2. The second-order valence-electron chi connectivity index (χ2n) is 5.69. The molecule has 21 heavy (non-hydrogen) atoms. The Balaban J connectivity index is 3.60. The first kappa shape index (κ1) is 20.4. The van der Waals surface area contributed by atoms with Crippen molar-refractivity contribution >= 4 is 16.0 Å². The summed E-state index contributed by atoms with van der Waals surface area (Å²) in [5.41, 5.74) is 0. The fraction of sp³-hybridized carbons (Fsp3) is 0.933. The summed E-state index contributed by atoms with van der Waals surface area (Å²) < 4.78 is 25.6. The number of nitrogens with one attached hydrogen (secondary N) is 1. The largest absolute Gasteiger partial charge is 0.480 e. The normalized spacial score (nSPS) is 13.2. The highest BCUT2D eigenvalue weighted by atomic mass is 32.2. The molecular formula is C15H31NO4S. The molecular weight excluding hydrogens is 290 g/mol. The van der Waals surface area contributed by atoms with Gasteiger partial charge in [-0.25, -0.2) is 13.1 Å². The summed E-state index contributed by atoms with van der Waals surface area (Å²) in [4.78, 5) is 10.4. The molecule has 0 aliphatic carbocycles. The predicted molar refractivity (Wildman–Crippen MR) is 85.9 cm³/mol. The first-order valence-corrected chi connectivity index (χ1v) is 9.65. The molecule has 0 amide bonds. The molecule has 0 saturated heterocycles. The Morgan fingerprint density at radius 1 is 1.00 bits per heavy atom. The van der Waals surface area contributed by atoms with Gasteiger partial charge in [-0.2, -0.15) is 0 Å². The molecule has 5 nitrogen and oxygen atoms in total. The first-order valence-electron chi connectivity index (χ1n) is 8.10. The fourth-order valence-electron chi connectivity index (χ4n) is 2.20. The Kier molecular flexibility index (Phi) is 11.6. The van der Waals surface area contributed by atoms with Crippen LogP contribution < -0.4 is 4.72 Å². The maximum atomic E-state index is 11.7. The summed E-state index contributed by atoms with van der Waals surface area (Å²) in [5.74, 6) is -1.16. The summed E-state index contributed by atoms with van der Waals surface area (Å²) in [7, 11) is -3.49. The summed E-state index contributed by atoms with van der Waals surface area (Å²) in [6.45, 7) is 3.31. The van der Waals surface area contributed by atoms with E-state index in [4.69, 9.17) is 5.11 Å². The van der Waals surface area contributed by atoms with Gasteiger partial charge in [0.15, 0.2) is 0 Å². The highest BCUT2D eigenvalue weighted by molar-refractivity contribution is 7.90.